The molecule has 0 atom stereocenters. The van der Waals surface area contributed by atoms with Crippen molar-refractivity contribution >= 4 is 5.97 Å². The summed E-state index contributed by atoms with van der Waals surface area (Å²) in [6.07, 6.45) is -0.0679. The van der Waals surface area contributed by atoms with E-state index in [0.717, 1.165) is 16.7 Å². The van der Waals surface area contributed by atoms with Gasteiger partial charge in [-0.05, 0) is 34.4 Å². The van der Waals surface area contributed by atoms with Gasteiger partial charge in [0.1, 0.15) is 5.82 Å². The van der Waals surface area contributed by atoms with Crippen LogP contribution in [0.5, 0.6) is 0 Å². The number of nitrogens with two attached hydrogens (primary N) is 1. The Labute approximate surface area is 110 Å². The Balaban J connectivity index is 2.42. The summed E-state index contributed by atoms with van der Waals surface area (Å²) in [6, 6.07) is 11.6. The van der Waals surface area contributed by atoms with Crippen LogP contribution in [0.25, 0.3) is 11.1 Å². The number of carbonyl (C=O) groups is 1. The van der Waals surface area contributed by atoms with E-state index in [0.29, 0.717) is 12.1 Å². The van der Waals surface area contributed by atoms with Crippen molar-refractivity contribution in [2.75, 3.05) is 0 Å². The van der Waals surface area contributed by atoms with Crippen LogP contribution in [0.4, 0.5) is 4.39 Å². The summed E-state index contributed by atoms with van der Waals surface area (Å²) < 4.78 is 12.9. The number of benzene rings is 2. The lowest BCUT2D eigenvalue weighted by Crippen LogP contribution is -2.07. The summed E-state index contributed by atoms with van der Waals surface area (Å²) >= 11 is 0. The Hall–Kier alpha value is -2.20. The molecule has 0 bridgehead atoms. The molecule has 3 nitrogen and oxygen atoms in total. The summed E-state index contributed by atoms with van der Waals surface area (Å²) in [6.45, 7) is 0.298. The van der Waals surface area contributed by atoms with Gasteiger partial charge in [-0.1, -0.05) is 30.3 Å². The molecule has 0 aliphatic heterocycles. The zero-order chi connectivity index (χ0) is 13.8. The SMILES string of the molecule is NCc1ccc(-c2ccc(F)cc2)cc1CC(=O)O. The minimum absolute atomic E-state index is 0.0679. The van der Waals surface area contributed by atoms with Gasteiger partial charge in [0, 0.05) is 6.54 Å². The fraction of sp³-hybridized carbons (Fsp3) is 0.133. The molecule has 3 N–H and O–H groups in total. The Bertz CT molecular complexity index is 594. The summed E-state index contributed by atoms with van der Waals surface area (Å²) in [5, 5.41) is 8.89. The van der Waals surface area contributed by atoms with Crippen molar-refractivity contribution < 1.29 is 14.3 Å². The quantitative estimate of drug-likeness (QED) is 0.887. The topological polar surface area (TPSA) is 63.3 Å². The van der Waals surface area contributed by atoms with Gasteiger partial charge in [0.05, 0.1) is 6.42 Å². The predicted molar refractivity (Wildman–Crippen MR) is 71.1 cm³/mol. The van der Waals surface area contributed by atoms with E-state index in [1.54, 1.807) is 18.2 Å². The molecule has 0 unspecified atom stereocenters. The largest absolute Gasteiger partial charge is 0.481 e. The van der Waals surface area contributed by atoms with Gasteiger partial charge in [-0.3, -0.25) is 4.79 Å². The standard InChI is InChI=1S/C15H14FNO2/c16-14-5-3-10(4-6-14)11-1-2-12(9-17)13(7-11)8-15(18)19/h1-7H,8-9,17H2,(H,18,19). The molecule has 0 amide bonds. The lowest BCUT2D eigenvalue weighted by molar-refractivity contribution is -0.136. The number of rotatable bonds is 4. The average Bonchev–Trinajstić information content (AvgIpc) is 2.39. The lowest BCUT2D eigenvalue weighted by atomic mass is 9.97. The van der Waals surface area contributed by atoms with Crippen molar-refractivity contribution in [3.05, 3.63) is 59.4 Å². The molecule has 0 spiro atoms. The van der Waals surface area contributed by atoms with Crippen LogP contribution in [0, 0.1) is 5.82 Å². The summed E-state index contributed by atoms with van der Waals surface area (Å²) in [4.78, 5) is 10.8. The van der Waals surface area contributed by atoms with Crippen LogP contribution >= 0.6 is 0 Å². The zero-order valence-corrected chi connectivity index (χ0v) is 10.3. The van der Waals surface area contributed by atoms with Gasteiger partial charge in [-0.15, -0.1) is 0 Å². The molecular weight excluding hydrogens is 245 g/mol. The summed E-state index contributed by atoms with van der Waals surface area (Å²) in [5.41, 5.74) is 8.80. The molecule has 4 heteroatoms. The third-order valence-corrected chi connectivity index (χ3v) is 2.95. The fourth-order valence-corrected chi connectivity index (χ4v) is 1.97. The first kappa shape index (κ1) is 13.2. The first-order chi connectivity index (χ1) is 9.10. The van der Waals surface area contributed by atoms with Crippen LogP contribution in [0.2, 0.25) is 0 Å². The molecule has 0 aromatic heterocycles. The first-order valence-electron chi connectivity index (χ1n) is 5.90. The van der Waals surface area contributed by atoms with Gasteiger partial charge in [0.15, 0.2) is 0 Å². The van der Waals surface area contributed by atoms with Crippen molar-refractivity contribution in [2.45, 2.75) is 13.0 Å². The molecule has 0 aliphatic carbocycles. The molecule has 19 heavy (non-hydrogen) atoms. The van der Waals surface area contributed by atoms with Gasteiger partial charge in [0.2, 0.25) is 0 Å². The van der Waals surface area contributed by atoms with Crippen LogP contribution in [0.15, 0.2) is 42.5 Å². The molecule has 0 heterocycles. The van der Waals surface area contributed by atoms with E-state index in [1.807, 2.05) is 12.1 Å². The Kier molecular flexibility index (Phi) is 3.92. The van der Waals surface area contributed by atoms with Crippen molar-refractivity contribution in [1.29, 1.82) is 0 Å². The maximum absolute atomic E-state index is 12.9. The summed E-state index contributed by atoms with van der Waals surface area (Å²) in [5.74, 6) is -1.20. The third-order valence-electron chi connectivity index (χ3n) is 2.95. The van der Waals surface area contributed by atoms with E-state index in [9.17, 15) is 9.18 Å². The second-order valence-corrected chi connectivity index (χ2v) is 4.27. The number of carboxylic acids is 1. The van der Waals surface area contributed by atoms with Gasteiger partial charge in [0.25, 0.3) is 0 Å². The second kappa shape index (κ2) is 5.63. The van der Waals surface area contributed by atoms with E-state index in [2.05, 4.69) is 0 Å². The second-order valence-electron chi connectivity index (χ2n) is 4.27. The maximum Gasteiger partial charge on any atom is 0.307 e. The van der Waals surface area contributed by atoms with Crippen LogP contribution < -0.4 is 5.73 Å². The van der Waals surface area contributed by atoms with Crippen molar-refractivity contribution in [3.8, 4) is 11.1 Å². The van der Waals surface area contributed by atoms with Crippen molar-refractivity contribution in [3.63, 3.8) is 0 Å². The Morgan fingerprint density at radius 2 is 1.68 bits per heavy atom. The van der Waals surface area contributed by atoms with E-state index in [1.165, 1.54) is 12.1 Å². The molecule has 2 aromatic rings. The number of hydrogen-bond donors (Lipinski definition) is 2. The maximum atomic E-state index is 12.9. The fourth-order valence-electron chi connectivity index (χ4n) is 1.97. The highest BCUT2D eigenvalue weighted by Crippen LogP contribution is 2.23. The minimum Gasteiger partial charge on any atom is -0.481 e. The van der Waals surface area contributed by atoms with Crippen molar-refractivity contribution in [2.24, 2.45) is 5.73 Å². The zero-order valence-electron chi connectivity index (χ0n) is 10.3. The Morgan fingerprint density at radius 1 is 1.05 bits per heavy atom. The van der Waals surface area contributed by atoms with Gasteiger partial charge < -0.3 is 10.8 Å². The number of halogens is 1. The van der Waals surface area contributed by atoms with Gasteiger partial charge >= 0.3 is 5.97 Å². The monoisotopic (exact) mass is 259 g/mol. The normalized spacial score (nSPS) is 10.4. The summed E-state index contributed by atoms with van der Waals surface area (Å²) in [7, 11) is 0. The molecule has 2 aromatic carbocycles. The highest BCUT2D eigenvalue weighted by atomic mass is 19.1. The molecule has 0 saturated carbocycles. The third kappa shape index (κ3) is 3.17. The van der Waals surface area contributed by atoms with Crippen molar-refractivity contribution in [1.82, 2.24) is 0 Å². The molecule has 0 radical (unpaired) electrons. The van der Waals surface area contributed by atoms with Gasteiger partial charge in [-0.2, -0.15) is 0 Å². The lowest BCUT2D eigenvalue weighted by Gasteiger charge is -2.09. The number of aliphatic carboxylic acids is 1. The molecule has 0 aliphatic rings. The number of carboxylic acid groups (broad SMARTS) is 1. The molecular formula is C15H14FNO2. The van der Waals surface area contributed by atoms with Crippen LogP contribution in [0.3, 0.4) is 0 Å². The first-order valence-corrected chi connectivity index (χ1v) is 5.90. The molecule has 98 valence electrons. The minimum atomic E-state index is -0.897. The van der Waals surface area contributed by atoms with Crippen LogP contribution in [0.1, 0.15) is 11.1 Å². The average molecular weight is 259 g/mol. The molecule has 0 saturated heterocycles. The highest BCUT2D eigenvalue weighted by molar-refractivity contribution is 5.73. The molecule has 0 fully saturated rings. The molecule has 2 rings (SSSR count). The van der Waals surface area contributed by atoms with Crippen LogP contribution in [-0.4, -0.2) is 11.1 Å². The van der Waals surface area contributed by atoms with E-state index >= 15 is 0 Å². The Morgan fingerprint density at radius 3 is 2.26 bits per heavy atom. The smallest absolute Gasteiger partial charge is 0.307 e. The number of hydrogen-bond acceptors (Lipinski definition) is 2. The van der Waals surface area contributed by atoms with E-state index in [-0.39, 0.29) is 12.2 Å². The van der Waals surface area contributed by atoms with Crippen LogP contribution in [-0.2, 0) is 17.8 Å². The highest BCUT2D eigenvalue weighted by Gasteiger charge is 2.08. The van der Waals surface area contributed by atoms with Gasteiger partial charge in [-0.25, -0.2) is 4.39 Å². The van der Waals surface area contributed by atoms with E-state index in [4.69, 9.17) is 10.8 Å². The van der Waals surface area contributed by atoms with E-state index < -0.39 is 5.97 Å². The predicted octanol–water partition coefficient (Wildman–Crippen LogP) is 2.58.